The summed E-state index contributed by atoms with van der Waals surface area (Å²) in [5.74, 6) is 0.877. The molecule has 1 saturated heterocycles. The molecule has 6 heteroatoms. The van der Waals surface area contributed by atoms with Crippen molar-refractivity contribution in [1.29, 1.82) is 0 Å². The lowest BCUT2D eigenvalue weighted by atomic mass is 10.0. The third kappa shape index (κ3) is 3.96. The fraction of sp³-hybridized carbons (Fsp3) is 0.320. The Bertz CT molecular complexity index is 1150. The minimum Gasteiger partial charge on any atom is -0.496 e. The normalized spacial score (nSPS) is 16.6. The summed E-state index contributed by atoms with van der Waals surface area (Å²) in [6, 6.07) is 21.4. The Balaban J connectivity index is 1.29. The molecular weight excluding hydrogens is 390 g/mol. The van der Waals surface area contributed by atoms with E-state index in [2.05, 4.69) is 45.5 Å². The van der Waals surface area contributed by atoms with E-state index >= 15 is 0 Å². The van der Waals surface area contributed by atoms with Crippen LogP contribution in [0.15, 0.2) is 65.1 Å². The highest BCUT2D eigenvalue weighted by Crippen LogP contribution is 2.34. The van der Waals surface area contributed by atoms with Gasteiger partial charge in [-0.1, -0.05) is 36.4 Å². The highest BCUT2D eigenvalue weighted by atomic mass is 16.5. The largest absolute Gasteiger partial charge is 0.496 e. The minimum absolute atomic E-state index is 0.108. The third-order valence-corrected chi connectivity index (χ3v) is 6.06. The molecule has 0 radical (unpaired) electrons. The van der Waals surface area contributed by atoms with E-state index in [-0.39, 0.29) is 6.23 Å². The number of hydrogen-bond acceptors (Lipinski definition) is 6. The van der Waals surface area contributed by atoms with Gasteiger partial charge in [-0.3, -0.25) is 4.90 Å². The number of rotatable bonds is 6. The Morgan fingerprint density at radius 1 is 1.03 bits per heavy atom. The first-order chi connectivity index (χ1) is 15.2. The Labute approximate surface area is 181 Å². The van der Waals surface area contributed by atoms with Gasteiger partial charge >= 0.3 is 0 Å². The molecule has 0 spiro atoms. The summed E-state index contributed by atoms with van der Waals surface area (Å²) in [6.07, 6.45) is 1.87. The number of benzene rings is 3. The van der Waals surface area contributed by atoms with Gasteiger partial charge in [-0.15, -0.1) is 0 Å². The van der Waals surface area contributed by atoms with Crippen LogP contribution in [0.2, 0.25) is 0 Å². The predicted octanol–water partition coefficient (Wildman–Crippen LogP) is 5.21. The first-order valence-corrected chi connectivity index (χ1v) is 10.7. The molecule has 1 unspecified atom stereocenters. The van der Waals surface area contributed by atoms with Gasteiger partial charge in [0, 0.05) is 31.6 Å². The van der Waals surface area contributed by atoms with Crippen LogP contribution in [-0.2, 0) is 4.74 Å². The molecule has 5 rings (SSSR count). The number of aromatic nitrogens is 1. The second-order valence-corrected chi connectivity index (χ2v) is 7.97. The number of para-hydroxylation sites is 2. The third-order valence-electron chi connectivity index (χ3n) is 6.06. The van der Waals surface area contributed by atoms with Gasteiger partial charge in [-0.05, 0) is 48.1 Å². The summed E-state index contributed by atoms with van der Waals surface area (Å²) in [6.45, 7) is 1.84. The molecule has 2 heterocycles. The van der Waals surface area contributed by atoms with Crippen molar-refractivity contribution in [2.24, 2.45) is 0 Å². The predicted molar refractivity (Wildman–Crippen MR) is 122 cm³/mol. The van der Waals surface area contributed by atoms with Crippen LogP contribution in [0.5, 0.6) is 5.75 Å². The van der Waals surface area contributed by atoms with Crippen molar-refractivity contribution in [2.75, 3.05) is 32.6 Å². The van der Waals surface area contributed by atoms with E-state index < -0.39 is 0 Å². The van der Waals surface area contributed by atoms with Crippen molar-refractivity contribution >= 4 is 27.9 Å². The second-order valence-electron chi connectivity index (χ2n) is 7.97. The molecule has 6 nitrogen and oxygen atoms in total. The van der Waals surface area contributed by atoms with Gasteiger partial charge in [0.25, 0.3) is 6.01 Å². The maximum atomic E-state index is 5.94. The summed E-state index contributed by atoms with van der Waals surface area (Å²) in [7, 11) is 3.49. The monoisotopic (exact) mass is 417 g/mol. The molecule has 1 atom stereocenters. The van der Waals surface area contributed by atoms with Crippen LogP contribution >= 0.6 is 0 Å². The lowest BCUT2D eigenvalue weighted by Gasteiger charge is -2.37. The molecule has 0 bridgehead atoms. The van der Waals surface area contributed by atoms with Crippen molar-refractivity contribution in [2.45, 2.75) is 25.1 Å². The fourth-order valence-corrected chi connectivity index (χ4v) is 4.49. The van der Waals surface area contributed by atoms with Crippen molar-refractivity contribution in [3.8, 4) is 5.75 Å². The van der Waals surface area contributed by atoms with Crippen LogP contribution in [0.3, 0.4) is 0 Å². The maximum Gasteiger partial charge on any atom is 0.295 e. The molecule has 0 saturated carbocycles. The van der Waals surface area contributed by atoms with Crippen molar-refractivity contribution in [3.05, 3.63) is 66.2 Å². The molecule has 1 N–H and O–H groups in total. The van der Waals surface area contributed by atoms with Crippen molar-refractivity contribution in [1.82, 2.24) is 9.88 Å². The second kappa shape index (κ2) is 8.57. The molecule has 31 heavy (non-hydrogen) atoms. The number of hydrogen-bond donors (Lipinski definition) is 1. The fourth-order valence-electron chi connectivity index (χ4n) is 4.49. The van der Waals surface area contributed by atoms with E-state index in [1.54, 1.807) is 14.2 Å². The Hall–Kier alpha value is -3.09. The molecule has 4 aromatic rings. The maximum absolute atomic E-state index is 5.94. The van der Waals surface area contributed by atoms with Gasteiger partial charge in [0.15, 0.2) is 5.58 Å². The number of anilines is 1. The lowest BCUT2D eigenvalue weighted by Crippen LogP contribution is -2.41. The lowest BCUT2D eigenvalue weighted by molar-refractivity contribution is -0.0451. The summed E-state index contributed by atoms with van der Waals surface area (Å²) in [5.41, 5.74) is 2.81. The number of oxazole rings is 1. The molecular formula is C25H27N3O3. The number of likely N-dealkylation sites (tertiary alicyclic amines) is 1. The summed E-state index contributed by atoms with van der Waals surface area (Å²) >= 11 is 0. The Morgan fingerprint density at radius 2 is 1.81 bits per heavy atom. The van der Waals surface area contributed by atoms with Gasteiger partial charge < -0.3 is 19.2 Å². The number of methoxy groups -OCH3 is 2. The molecule has 160 valence electrons. The average molecular weight is 418 g/mol. The summed E-state index contributed by atoms with van der Waals surface area (Å²) in [4.78, 5) is 6.93. The van der Waals surface area contributed by atoms with Crippen LogP contribution in [0, 0.1) is 0 Å². The van der Waals surface area contributed by atoms with Crippen LogP contribution in [0.25, 0.3) is 21.9 Å². The summed E-state index contributed by atoms with van der Waals surface area (Å²) < 4.78 is 17.4. The van der Waals surface area contributed by atoms with E-state index in [0.29, 0.717) is 12.1 Å². The molecule has 1 aliphatic rings. The Morgan fingerprint density at radius 3 is 2.58 bits per heavy atom. The van der Waals surface area contributed by atoms with Gasteiger partial charge in [0.2, 0.25) is 0 Å². The topological polar surface area (TPSA) is 59.8 Å². The summed E-state index contributed by atoms with van der Waals surface area (Å²) in [5, 5.41) is 5.74. The van der Waals surface area contributed by atoms with E-state index in [1.165, 1.54) is 0 Å². The van der Waals surface area contributed by atoms with Crippen LogP contribution < -0.4 is 10.1 Å². The zero-order valence-electron chi connectivity index (χ0n) is 17.9. The standard InChI is InChI=1S/C25H27N3O3/c1-29-23-16-18(15-17-7-3-4-8-20(17)23)24(30-2)28-13-11-19(12-14-28)26-25-27-21-9-5-6-10-22(21)31-25/h3-10,15-16,19,24H,11-14H2,1-2H3,(H,26,27). The molecule has 1 fully saturated rings. The minimum atomic E-state index is -0.108. The molecule has 0 aliphatic carbocycles. The zero-order valence-corrected chi connectivity index (χ0v) is 17.9. The highest BCUT2D eigenvalue weighted by Gasteiger charge is 2.27. The van der Waals surface area contributed by atoms with Crippen molar-refractivity contribution in [3.63, 3.8) is 0 Å². The van der Waals surface area contributed by atoms with Gasteiger partial charge in [-0.2, -0.15) is 4.98 Å². The first kappa shape index (κ1) is 19.8. The van der Waals surface area contributed by atoms with Gasteiger partial charge in [0.05, 0.1) is 7.11 Å². The van der Waals surface area contributed by atoms with E-state index in [4.69, 9.17) is 13.9 Å². The smallest absolute Gasteiger partial charge is 0.295 e. The SMILES string of the molecule is COc1cc(C(OC)N2CCC(Nc3nc4ccccc4o3)CC2)cc2ccccc12. The van der Waals surface area contributed by atoms with E-state index in [1.807, 2.05) is 30.3 Å². The average Bonchev–Trinajstić information content (AvgIpc) is 3.22. The quantitative estimate of drug-likeness (QED) is 0.465. The Kier molecular flexibility index (Phi) is 5.49. The van der Waals surface area contributed by atoms with Crippen LogP contribution in [0.1, 0.15) is 24.6 Å². The zero-order chi connectivity index (χ0) is 21.2. The van der Waals surface area contributed by atoms with Crippen molar-refractivity contribution < 1.29 is 13.9 Å². The number of nitrogens with one attached hydrogen (secondary N) is 1. The number of piperidine rings is 1. The highest BCUT2D eigenvalue weighted by molar-refractivity contribution is 5.89. The number of nitrogens with zero attached hydrogens (tertiary/aromatic N) is 2. The number of ether oxygens (including phenoxy) is 2. The number of fused-ring (bicyclic) bond motifs is 2. The van der Waals surface area contributed by atoms with Gasteiger partial charge in [-0.25, -0.2) is 0 Å². The van der Waals surface area contributed by atoms with E-state index in [9.17, 15) is 0 Å². The molecule has 3 aromatic carbocycles. The van der Waals surface area contributed by atoms with Crippen LogP contribution in [0.4, 0.5) is 6.01 Å². The molecule has 0 amide bonds. The van der Waals surface area contributed by atoms with Crippen LogP contribution in [-0.4, -0.2) is 43.2 Å². The molecule has 1 aliphatic heterocycles. The van der Waals surface area contributed by atoms with Gasteiger partial charge in [0.1, 0.15) is 17.5 Å². The van der Waals surface area contributed by atoms with E-state index in [0.717, 1.165) is 59.1 Å². The molecule has 1 aromatic heterocycles. The first-order valence-electron chi connectivity index (χ1n) is 10.7.